The molecule has 0 bridgehead atoms. The van der Waals surface area contributed by atoms with Crippen LogP contribution in [0, 0.1) is 6.92 Å². The molecule has 0 heterocycles. The van der Waals surface area contributed by atoms with Gasteiger partial charge >= 0.3 is 0 Å². The lowest BCUT2D eigenvalue weighted by atomic mass is 10.0. The second-order valence-electron chi connectivity index (χ2n) is 5.80. The maximum absolute atomic E-state index is 12.6. The second kappa shape index (κ2) is 8.96. The lowest BCUT2D eigenvalue weighted by molar-refractivity contribution is -0.115. The van der Waals surface area contributed by atoms with Gasteiger partial charge in [0.15, 0.2) is 0 Å². The fourth-order valence-electron chi connectivity index (χ4n) is 2.26. The van der Waals surface area contributed by atoms with Gasteiger partial charge in [-0.3, -0.25) is 4.79 Å². The largest absolute Gasteiger partial charge is 0.269 e. The number of aryl methyl sites for hydroxylation is 1. The minimum atomic E-state index is -3.92. The van der Waals surface area contributed by atoms with Crippen LogP contribution < -0.4 is 4.72 Å². The number of nitrogens with one attached hydrogen (secondary N) is 1. The van der Waals surface area contributed by atoms with Crippen molar-refractivity contribution in [1.29, 1.82) is 0 Å². The van der Waals surface area contributed by atoms with Crippen LogP contribution in [0.5, 0.6) is 0 Å². The first kappa shape index (κ1) is 20.1. The first-order valence-electron chi connectivity index (χ1n) is 8.00. The number of hydrogen-bond donors (Lipinski definition) is 1. The molecule has 26 heavy (non-hydrogen) atoms. The number of hydrogen-bond acceptors (Lipinski definition) is 3. The topological polar surface area (TPSA) is 63.2 Å². The van der Waals surface area contributed by atoms with Crippen LogP contribution in [0.3, 0.4) is 0 Å². The van der Waals surface area contributed by atoms with Gasteiger partial charge in [0, 0.05) is 16.5 Å². The lowest BCUT2D eigenvalue weighted by Gasteiger charge is -2.11. The molecule has 136 valence electrons. The SMILES string of the molecule is C=CC/C=C(/Cc1ccc(Br)cc1)C(=O)NS(=O)(=O)c1ccc(C)cc1. The maximum atomic E-state index is 12.6. The number of halogens is 1. The molecule has 0 aliphatic carbocycles. The van der Waals surface area contributed by atoms with Crippen molar-refractivity contribution < 1.29 is 13.2 Å². The zero-order valence-electron chi connectivity index (χ0n) is 14.4. The summed E-state index contributed by atoms with van der Waals surface area (Å²) in [7, 11) is -3.92. The molecule has 0 aliphatic heterocycles. The molecule has 0 saturated carbocycles. The molecule has 1 N–H and O–H groups in total. The normalized spacial score (nSPS) is 11.8. The van der Waals surface area contributed by atoms with E-state index in [2.05, 4.69) is 27.2 Å². The third-order valence-electron chi connectivity index (χ3n) is 3.69. The highest BCUT2D eigenvalue weighted by atomic mass is 79.9. The first-order valence-corrected chi connectivity index (χ1v) is 10.3. The molecule has 1 amide bonds. The van der Waals surface area contributed by atoms with Crippen LogP contribution in [0.25, 0.3) is 0 Å². The number of allylic oxidation sites excluding steroid dienone is 2. The van der Waals surface area contributed by atoms with Gasteiger partial charge in [0.2, 0.25) is 0 Å². The maximum Gasteiger partial charge on any atom is 0.264 e. The Morgan fingerprint density at radius 2 is 1.73 bits per heavy atom. The zero-order chi connectivity index (χ0) is 19.2. The van der Waals surface area contributed by atoms with Gasteiger partial charge in [0.1, 0.15) is 0 Å². The fourth-order valence-corrected chi connectivity index (χ4v) is 3.51. The fraction of sp³-hybridized carbons (Fsp3) is 0.150. The summed E-state index contributed by atoms with van der Waals surface area (Å²) in [6.45, 7) is 5.50. The van der Waals surface area contributed by atoms with Crippen LogP contribution in [-0.2, 0) is 21.2 Å². The molecule has 0 aromatic heterocycles. The van der Waals surface area contributed by atoms with Gasteiger partial charge in [-0.2, -0.15) is 0 Å². The van der Waals surface area contributed by atoms with Crippen molar-refractivity contribution >= 4 is 31.9 Å². The molecule has 0 saturated heterocycles. The Labute approximate surface area is 162 Å². The molecule has 4 nitrogen and oxygen atoms in total. The Morgan fingerprint density at radius 1 is 1.12 bits per heavy atom. The molecule has 0 radical (unpaired) electrons. The van der Waals surface area contributed by atoms with Crippen LogP contribution in [-0.4, -0.2) is 14.3 Å². The van der Waals surface area contributed by atoms with Crippen molar-refractivity contribution in [3.63, 3.8) is 0 Å². The van der Waals surface area contributed by atoms with Gasteiger partial charge in [0.25, 0.3) is 15.9 Å². The van der Waals surface area contributed by atoms with Gasteiger partial charge in [-0.1, -0.05) is 57.9 Å². The van der Waals surface area contributed by atoms with Gasteiger partial charge in [-0.05, 0) is 43.2 Å². The van der Waals surface area contributed by atoms with Crippen LogP contribution >= 0.6 is 15.9 Å². The molecule has 6 heteroatoms. The summed E-state index contributed by atoms with van der Waals surface area (Å²) in [6, 6.07) is 13.9. The van der Waals surface area contributed by atoms with E-state index in [4.69, 9.17) is 0 Å². The van der Waals surface area contributed by atoms with E-state index in [0.29, 0.717) is 18.4 Å². The quantitative estimate of drug-likeness (QED) is 0.522. The monoisotopic (exact) mass is 433 g/mol. The van der Waals surface area contributed by atoms with E-state index >= 15 is 0 Å². The molecule has 2 rings (SSSR count). The summed E-state index contributed by atoms with van der Waals surface area (Å²) in [5, 5.41) is 0. The average Bonchev–Trinajstić information content (AvgIpc) is 2.60. The van der Waals surface area contributed by atoms with E-state index in [0.717, 1.165) is 15.6 Å². The van der Waals surface area contributed by atoms with Crippen molar-refractivity contribution in [2.24, 2.45) is 0 Å². The number of benzene rings is 2. The van der Waals surface area contributed by atoms with E-state index in [-0.39, 0.29) is 4.90 Å². The zero-order valence-corrected chi connectivity index (χ0v) is 16.8. The lowest BCUT2D eigenvalue weighted by Crippen LogP contribution is -2.32. The highest BCUT2D eigenvalue weighted by molar-refractivity contribution is 9.10. The summed E-state index contributed by atoms with van der Waals surface area (Å²) >= 11 is 3.37. The molecule has 0 fully saturated rings. The Morgan fingerprint density at radius 3 is 2.31 bits per heavy atom. The van der Waals surface area contributed by atoms with Crippen LogP contribution in [0.1, 0.15) is 17.5 Å². The molecule has 0 atom stereocenters. The predicted molar refractivity (Wildman–Crippen MR) is 107 cm³/mol. The van der Waals surface area contributed by atoms with Gasteiger partial charge in [-0.15, -0.1) is 6.58 Å². The summed E-state index contributed by atoms with van der Waals surface area (Å²) < 4.78 is 28.0. The number of carbonyl (C=O) groups excluding carboxylic acids is 1. The van der Waals surface area contributed by atoms with E-state index in [1.807, 2.05) is 31.2 Å². The summed E-state index contributed by atoms with van der Waals surface area (Å²) in [4.78, 5) is 12.6. The molecule has 0 unspecified atom stereocenters. The molecule has 2 aromatic carbocycles. The minimum Gasteiger partial charge on any atom is -0.269 e. The van der Waals surface area contributed by atoms with Crippen LogP contribution in [0.4, 0.5) is 0 Å². The first-order chi connectivity index (χ1) is 12.3. The number of carbonyl (C=O) groups is 1. The second-order valence-corrected chi connectivity index (χ2v) is 8.40. The third-order valence-corrected chi connectivity index (χ3v) is 5.56. The van der Waals surface area contributed by atoms with E-state index in [9.17, 15) is 13.2 Å². The predicted octanol–water partition coefficient (Wildman–Crippen LogP) is 4.31. The average molecular weight is 434 g/mol. The number of rotatable bonds is 7. The highest BCUT2D eigenvalue weighted by Gasteiger charge is 2.20. The molecule has 0 aliphatic rings. The van der Waals surface area contributed by atoms with Crippen molar-refractivity contribution in [3.05, 3.63) is 88.4 Å². The van der Waals surface area contributed by atoms with E-state index in [1.165, 1.54) is 12.1 Å². The Balaban J connectivity index is 2.21. The van der Waals surface area contributed by atoms with Crippen molar-refractivity contribution in [1.82, 2.24) is 4.72 Å². The summed E-state index contributed by atoms with van der Waals surface area (Å²) in [5.74, 6) is -0.629. The van der Waals surface area contributed by atoms with Crippen molar-refractivity contribution in [3.8, 4) is 0 Å². The Kier molecular flexibility index (Phi) is 6.94. The van der Waals surface area contributed by atoms with Gasteiger partial charge in [0.05, 0.1) is 4.90 Å². The van der Waals surface area contributed by atoms with Crippen molar-refractivity contribution in [2.45, 2.75) is 24.7 Å². The highest BCUT2D eigenvalue weighted by Crippen LogP contribution is 2.16. The third kappa shape index (κ3) is 5.68. The number of sulfonamides is 1. The van der Waals surface area contributed by atoms with Gasteiger partial charge in [-0.25, -0.2) is 13.1 Å². The molecular weight excluding hydrogens is 414 g/mol. The van der Waals surface area contributed by atoms with Gasteiger partial charge < -0.3 is 0 Å². The van der Waals surface area contributed by atoms with E-state index in [1.54, 1.807) is 24.3 Å². The number of amides is 1. The minimum absolute atomic E-state index is 0.0585. The van der Waals surface area contributed by atoms with Crippen LogP contribution in [0.15, 0.2) is 82.2 Å². The summed E-state index contributed by atoms with van der Waals surface area (Å²) in [6.07, 6.45) is 4.15. The molecule has 0 spiro atoms. The van der Waals surface area contributed by atoms with Crippen molar-refractivity contribution in [2.75, 3.05) is 0 Å². The van der Waals surface area contributed by atoms with Crippen LogP contribution in [0.2, 0.25) is 0 Å². The Bertz CT molecular complexity index is 915. The molecular formula is C20H20BrNO3S. The standard InChI is InChI=1S/C20H20BrNO3S/c1-3-4-5-17(14-16-8-10-18(21)11-9-16)20(23)22-26(24,25)19-12-6-15(2)7-13-19/h3,5-13H,1,4,14H2,2H3,(H,22,23)/b17-5-. The van der Waals surface area contributed by atoms with E-state index < -0.39 is 15.9 Å². The molecule has 2 aromatic rings. The smallest absolute Gasteiger partial charge is 0.264 e. The summed E-state index contributed by atoms with van der Waals surface area (Å²) in [5.41, 5.74) is 2.23. The Hall–Kier alpha value is -2.18.